The van der Waals surface area contributed by atoms with Crippen LogP contribution in [0, 0.1) is 0 Å². The highest BCUT2D eigenvalue weighted by Gasteiger charge is 2.51. The number of epoxide rings is 1. The van der Waals surface area contributed by atoms with Gasteiger partial charge in [0.25, 0.3) is 0 Å². The Morgan fingerprint density at radius 3 is 2.70 bits per heavy atom. The second-order valence-electron chi connectivity index (χ2n) is 8.24. The lowest BCUT2D eigenvalue weighted by molar-refractivity contribution is -0.145. The largest absolute Gasteiger partial charge is 0.458 e. The highest BCUT2D eigenvalue weighted by atomic mass is 16.6. The third-order valence-corrected chi connectivity index (χ3v) is 6.02. The fourth-order valence-corrected chi connectivity index (χ4v) is 4.08. The quantitative estimate of drug-likeness (QED) is 0.391. The summed E-state index contributed by atoms with van der Waals surface area (Å²) in [6.07, 6.45) is 6.40. The minimum atomic E-state index is -0.318. The van der Waals surface area contributed by atoms with Gasteiger partial charge in [0.15, 0.2) is 0 Å². The number of allylic oxidation sites excluding steroid dienone is 1. The van der Waals surface area contributed by atoms with Crippen molar-refractivity contribution < 1.29 is 23.8 Å². The van der Waals surface area contributed by atoms with Gasteiger partial charge >= 0.3 is 11.9 Å². The van der Waals surface area contributed by atoms with E-state index in [4.69, 9.17) is 14.2 Å². The Balaban J connectivity index is 1.83. The van der Waals surface area contributed by atoms with Crippen molar-refractivity contribution in [2.24, 2.45) is 0 Å². The number of esters is 2. The van der Waals surface area contributed by atoms with Crippen molar-refractivity contribution in [3.63, 3.8) is 0 Å². The Labute approximate surface area is 161 Å². The predicted molar refractivity (Wildman–Crippen MR) is 102 cm³/mol. The Morgan fingerprint density at radius 2 is 2.00 bits per heavy atom. The number of ether oxygens (including phenoxy) is 3. The van der Waals surface area contributed by atoms with Crippen molar-refractivity contribution >= 4 is 11.9 Å². The molecule has 1 aliphatic carbocycles. The molecule has 5 nitrogen and oxygen atoms in total. The number of rotatable bonds is 1. The Bertz CT molecular complexity index is 716. The summed E-state index contributed by atoms with van der Waals surface area (Å²) in [6, 6.07) is 0. The van der Waals surface area contributed by atoms with Crippen LogP contribution in [0.25, 0.3) is 0 Å². The number of carbonyl (C=O) groups excluding carboxylic acids is 2. The maximum absolute atomic E-state index is 12.1. The summed E-state index contributed by atoms with van der Waals surface area (Å²) in [5.74, 6) is -0.546. The standard InChI is InChI=1S/C22H30O5/c1-13-6-9-20-22(5,27-20)11-10-18(25-16(4)23)14(2)7-8-17-15(3)21(24)26-19(17)12-13/h12,18-20H,2,6-11H2,1,3-5H3/b13-12-/t18-,19-,20+,22+/m0/s1. The molecule has 148 valence electrons. The molecule has 1 saturated heterocycles. The van der Waals surface area contributed by atoms with Gasteiger partial charge in [-0.3, -0.25) is 4.79 Å². The van der Waals surface area contributed by atoms with Crippen molar-refractivity contribution in [3.05, 3.63) is 34.9 Å². The topological polar surface area (TPSA) is 65.1 Å². The van der Waals surface area contributed by atoms with Crippen LogP contribution in [0.1, 0.15) is 66.2 Å². The molecule has 0 unspecified atom stereocenters. The van der Waals surface area contributed by atoms with E-state index in [9.17, 15) is 9.59 Å². The van der Waals surface area contributed by atoms with Crippen LogP contribution in [0.5, 0.6) is 0 Å². The van der Waals surface area contributed by atoms with Gasteiger partial charge < -0.3 is 14.2 Å². The van der Waals surface area contributed by atoms with Gasteiger partial charge in [-0.05, 0) is 76.5 Å². The summed E-state index contributed by atoms with van der Waals surface area (Å²) < 4.78 is 17.0. The summed E-state index contributed by atoms with van der Waals surface area (Å²) in [5.41, 5.74) is 3.64. The van der Waals surface area contributed by atoms with Gasteiger partial charge in [-0.25, -0.2) is 4.79 Å². The predicted octanol–water partition coefficient (Wildman–Crippen LogP) is 4.17. The van der Waals surface area contributed by atoms with E-state index in [-0.39, 0.29) is 35.9 Å². The van der Waals surface area contributed by atoms with Crippen LogP contribution < -0.4 is 0 Å². The van der Waals surface area contributed by atoms with Crippen LogP contribution in [0.4, 0.5) is 0 Å². The number of carbonyl (C=O) groups is 2. The zero-order valence-corrected chi connectivity index (χ0v) is 16.8. The van der Waals surface area contributed by atoms with E-state index in [0.717, 1.165) is 30.4 Å². The monoisotopic (exact) mass is 374 g/mol. The van der Waals surface area contributed by atoms with E-state index in [1.54, 1.807) is 0 Å². The van der Waals surface area contributed by atoms with Crippen molar-refractivity contribution in [1.29, 1.82) is 0 Å². The molecule has 0 N–H and O–H groups in total. The van der Waals surface area contributed by atoms with E-state index in [2.05, 4.69) is 26.5 Å². The van der Waals surface area contributed by atoms with Crippen LogP contribution in [-0.4, -0.2) is 35.9 Å². The SMILES string of the molecule is C=C1CCC2=C(C)C(=O)O[C@H]2/C=C(/C)CC[C@H]2O[C@]2(C)CC[C@@H]1OC(C)=O. The molecule has 0 aromatic heterocycles. The Morgan fingerprint density at radius 1 is 1.26 bits per heavy atom. The summed E-state index contributed by atoms with van der Waals surface area (Å²) in [6.45, 7) is 11.6. The van der Waals surface area contributed by atoms with Crippen LogP contribution in [0.2, 0.25) is 0 Å². The summed E-state index contributed by atoms with van der Waals surface area (Å²) in [7, 11) is 0. The first kappa shape index (κ1) is 19.9. The lowest BCUT2D eigenvalue weighted by Crippen LogP contribution is -2.22. The highest BCUT2D eigenvalue weighted by Crippen LogP contribution is 2.44. The van der Waals surface area contributed by atoms with Gasteiger partial charge in [0.05, 0.1) is 11.7 Å². The minimum Gasteiger partial charge on any atom is -0.458 e. The van der Waals surface area contributed by atoms with E-state index < -0.39 is 0 Å². The molecule has 0 aromatic carbocycles. The molecule has 0 amide bonds. The smallest absolute Gasteiger partial charge is 0.334 e. The molecule has 1 fully saturated rings. The maximum atomic E-state index is 12.1. The van der Waals surface area contributed by atoms with E-state index >= 15 is 0 Å². The van der Waals surface area contributed by atoms with E-state index in [1.165, 1.54) is 12.5 Å². The normalized spacial score (nSPS) is 36.7. The van der Waals surface area contributed by atoms with Crippen molar-refractivity contribution in [1.82, 2.24) is 0 Å². The maximum Gasteiger partial charge on any atom is 0.334 e. The first-order valence-corrected chi connectivity index (χ1v) is 9.80. The molecule has 3 aliphatic rings. The average Bonchev–Trinajstić information content (AvgIpc) is 3.17. The van der Waals surface area contributed by atoms with Gasteiger partial charge in [0.2, 0.25) is 0 Å². The fourth-order valence-electron chi connectivity index (χ4n) is 4.08. The first-order valence-electron chi connectivity index (χ1n) is 9.80. The molecule has 3 rings (SSSR count). The third-order valence-electron chi connectivity index (χ3n) is 6.02. The van der Waals surface area contributed by atoms with Crippen LogP contribution >= 0.6 is 0 Å². The summed E-state index contributed by atoms with van der Waals surface area (Å²) >= 11 is 0. The molecular weight excluding hydrogens is 344 g/mol. The molecule has 2 aliphatic heterocycles. The molecule has 0 radical (unpaired) electrons. The second kappa shape index (κ2) is 7.63. The minimum absolute atomic E-state index is 0.148. The van der Waals surface area contributed by atoms with Crippen molar-refractivity contribution in [3.8, 4) is 0 Å². The van der Waals surface area contributed by atoms with Crippen LogP contribution in [0.3, 0.4) is 0 Å². The fraction of sp³-hybridized carbons (Fsp3) is 0.636. The number of hydrogen-bond acceptors (Lipinski definition) is 5. The molecule has 0 saturated carbocycles. The van der Waals surface area contributed by atoms with Gasteiger partial charge in [-0.15, -0.1) is 0 Å². The zero-order chi connectivity index (χ0) is 19.8. The first-order chi connectivity index (χ1) is 12.7. The van der Waals surface area contributed by atoms with Gasteiger partial charge in [0, 0.05) is 12.5 Å². The van der Waals surface area contributed by atoms with Gasteiger partial charge in [-0.1, -0.05) is 12.2 Å². The van der Waals surface area contributed by atoms with Gasteiger partial charge in [0.1, 0.15) is 12.2 Å². The van der Waals surface area contributed by atoms with Crippen LogP contribution in [0.15, 0.2) is 34.9 Å². The number of fused-ring (bicyclic) bond motifs is 2. The Hall–Kier alpha value is -1.88. The Kier molecular flexibility index (Phi) is 5.61. The summed E-state index contributed by atoms with van der Waals surface area (Å²) in [5, 5.41) is 0. The molecule has 2 heterocycles. The summed E-state index contributed by atoms with van der Waals surface area (Å²) in [4.78, 5) is 23.6. The van der Waals surface area contributed by atoms with Gasteiger partial charge in [-0.2, -0.15) is 0 Å². The molecule has 0 spiro atoms. The zero-order valence-electron chi connectivity index (χ0n) is 16.8. The van der Waals surface area contributed by atoms with E-state index in [1.807, 2.05) is 6.92 Å². The highest BCUT2D eigenvalue weighted by molar-refractivity contribution is 5.92. The molecule has 5 heteroatoms. The number of hydrogen-bond donors (Lipinski definition) is 0. The molecular formula is C22H30O5. The second-order valence-corrected chi connectivity index (χ2v) is 8.24. The van der Waals surface area contributed by atoms with Crippen molar-refractivity contribution in [2.45, 2.75) is 90.1 Å². The lowest BCUT2D eigenvalue weighted by atomic mass is 9.90. The molecule has 4 atom stereocenters. The van der Waals surface area contributed by atoms with Crippen LogP contribution in [-0.2, 0) is 23.8 Å². The molecule has 0 bridgehead atoms. The average molecular weight is 374 g/mol. The lowest BCUT2D eigenvalue weighted by Gasteiger charge is -2.22. The third kappa shape index (κ3) is 4.52. The molecule has 27 heavy (non-hydrogen) atoms. The van der Waals surface area contributed by atoms with E-state index in [0.29, 0.717) is 24.8 Å². The van der Waals surface area contributed by atoms with Crippen molar-refractivity contribution in [2.75, 3.05) is 0 Å². The molecule has 0 aromatic rings.